The summed E-state index contributed by atoms with van der Waals surface area (Å²) >= 11 is 0. The molecule has 0 radical (unpaired) electrons. The van der Waals surface area contributed by atoms with E-state index < -0.39 is 23.6 Å². The van der Waals surface area contributed by atoms with Crippen LogP contribution in [0.15, 0.2) is 30.3 Å². The number of pyridine rings is 1. The van der Waals surface area contributed by atoms with Crippen molar-refractivity contribution in [3.8, 4) is 0 Å². The van der Waals surface area contributed by atoms with Crippen molar-refractivity contribution in [1.82, 2.24) is 10.3 Å². The Bertz CT molecular complexity index is 923. The minimum Gasteiger partial charge on any atom is -0.372 e. The topological polar surface area (TPSA) is 54.5 Å². The molecular weight excluding hydrogens is 402 g/mol. The monoisotopic (exact) mass is 425 g/mol. The summed E-state index contributed by atoms with van der Waals surface area (Å²) in [5.74, 6) is -0.982. The van der Waals surface area contributed by atoms with Gasteiger partial charge in [0.1, 0.15) is 11.5 Å². The molecule has 1 aromatic heterocycles. The van der Waals surface area contributed by atoms with E-state index in [1.54, 1.807) is 12.1 Å². The molecule has 1 amide bonds. The van der Waals surface area contributed by atoms with Crippen molar-refractivity contribution in [1.29, 1.82) is 0 Å². The number of nitrogens with zero attached hydrogens (tertiary/aromatic N) is 2. The Labute approximate surface area is 172 Å². The second kappa shape index (κ2) is 8.59. The third-order valence-corrected chi connectivity index (χ3v) is 4.85. The molecule has 3 rings (SSSR count). The van der Waals surface area contributed by atoms with Crippen molar-refractivity contribution in [2.24, 2.45) is 0 Å². The van der Waals surface area contributed by atoms with E-state index in [0.29, 0.717) is 24.3 Å². The zero-order chi connectivity index (χ0) is 22.1. The highest BCUT2D eigenvalue weighted by atomic mass is 19.4. The number of benzene rings is 1. The van der Waals surface area contributed by atoms with Gasteiger partial charge in [0.25, 0.3) is 5.91 Å². The fraction of sp³-hybridized carbons (Fsp3) is 0.429. The molecule has 0 bridgehead atoms. The molecule has 0 aliphatic carbocycles. The molecule has 162 valence electrons. The normalized spacial score (nSPS) is 19.6. The lowest BCUT2D eigenvalue weighted by Gasteiger charge is -2.37. The maximum atomic E-state index is 14.6. The van der Waals surface area contributed by atoms with Gasteiger partial charge in [0, 0.05) is 19.6 Å². The lowest BCUT2D eigenvalue weighted by Crippen LogP contribution is -2.45. The van der Waals surface area contributed by atoms with Crippen molar-refractivity contribution in [3.05, 3.63) is 58.7 Å². The zero-order valence-corrected chi connectivity index (χ0v) is 16.9. The molecule has 0 spiro atoms. The molecule has 1 aromatic carbocycles. The molecule has 2 unspecified atom stereocenters. The van der Waals surface area contributed by atoms with Crippen molar-refractivity contribution in [2.45, 2.75) is 45.7 Å². The molecule has 2 heterocycles. The maximum Gasteiger partial charge on any atom is 0.433 e. The van der Waals surface area contributed by atoms with E-state index >= 15 is 0 Å². The molecule has 0 saturated carbocycles. The first-order valence-corrected chi connectivity index (χ1v) is 9.56. The average Bonchev–Trinajstić information content (AvgIpc) is 2.64. The number of aryl methyl sites for hydroxylation is 1. The van der Waals surface area contributed by atoms with Crippen LogP contribution in [-0.4, -0.2) is 36.2 Å². The van der Waals surface area contributed by atoms with Gasteiger partial charge >= 0.3 is 6.18 Å². The average molecular weight is 425 g/mol. The quantitative estimate of drug-likeness (QED) is 0.750. The summed E-state index contributed by atoms with van der Waals surface area (Å²) in [5, 5.41) is 2.59. The summed E-state index contributed by atoms with van der Waals surface area (Å²) < 4.78 is 58.4. The van der Waals surface area contributed by atoms with Crippen LogP contribution in [0.3, 0.4) is 0 Å². The molecule has 30 heavy (non-hydrogen) atoms. The molecule has 1 aliphatic rings. The van der Waals surface area contributed by atoms with Crippen LogP contribution in [0.25, 0.3) is 0 Å². The van der Waals surface area contributed by atoms with Gasteiger partial charge in [-0.1, -0.05) is 6.07 Å². The molecule has 2 atom stereocenters. The summed E-state index contributed by atoms with van der Waals surface area (Å²) in [5.41, 5.74) is -0.0388. The number of rotatable bonds is 4. The number of anilines is 1. The molecule has 1 saturated heterocycles. The Morgan fingerprint density at radius 2 is 1.87 bits per heavy atom. The molecule has 1 fully saturated rings. The van der Waals surface area contributed by atoms with E-state index in [-0.39, 0.29) is 30.0 Å². The molecule has 5 nitrogen and oxygen atoms in total. The number of amides is 1. The first kappa shape index (κ1) is 22.0. The van der Waals surface area contributed by atoms with Crippen LogP contribution >= 0.6 is 0 Å². The first-order valence-electron chi connectivity index (χ1n) is 9.56. The number of aromatic nitrogens is 1. The fourth-order valence-electron chi connectivity index (χ4n) is 3.53. The summed E-state index contributed by atoms with van der Waals surface area (Å²) in [6.45, 7) is 6.40. The highest BCUT2D eigenvalue weighted by Crippen LogP contribution is 2.28. The van der Waals surface area contributed by atoms with Crippen LogP contribution in [0, 0.1) is 12.7 Å². The van der Waals surface area contributed by atoms with Crippen LogP contribution in [0.2, 0.25) is 0 Å². The third kappa shape index (κ3) is 5.08. The Kier molecular flexibility index (Phi) is 6.30. The van der Waals surface area contributed by atoms with Crippen molar-refractivity contribution >= 4 is 11.6 Å². The van der Waals surface area contributed by atoms with Gasteiger partial charge < -0.3 is 15.0 Å². The number of ether oxygens (including phenoxy) is 1. The molecular formula is C21H23F4N3O2. The highest BCUT2D eigenvalue weighted by Gasteiger charge is 2.33. The summed E-state index contributed by atoms with van der Waals surface area (Å²) in [6.07, 6.45) is -4.59. The molecule has 2 aromatic rings. The number of morpholine rings is 1. The predicted molar refractivity (Wildman–Crippen MR) is 104 cm³/mol. The first-order chi connectivity index (χ1) is 14.0. The number of alkyl halides is 3. The van der Waals surface area contributed by atoms with E-state index in [9.17, 15) is 22.4 Å². The maximum absolute atomic E-state index is 14.6. The van der Waals surface area contributed by atoms with Crippen molar-refractivity contribution in [2.75, 3.05) is 18.0 Å². The Hall–Kier alpha value is -2.68. The van der Waals surface area contributed by atoms with E-state index in [4.69, 9.17) is 4.74 Å². The molecule has 9 heteroatoms. The van der Waals surface area contributed by atoms with Crippen molar-refractivity contribution in [3.63, 3.8) is 0 Å². The molecule has 1 aliphatic heterocycles. The van der Waals surface area contributed by atoms with Gasteiger partial charge in [-0.2, -0.15) is 13.2 Å². The van der Waals surface area contributed by atoms with Gasteiger partial charge in [-0.15, -0.1) is 0 Å². The third-order valence-electron chi connectivity index (χ3n) is 4.85. The van der Waals surface area contributed by atoms with Gasteiger partial charge in [-0.25, -0.2) is 9.37 Å². The van der Waals surface area contributed by atoms with Crippen LogP contribution in [0.4, 0.5) is 23.2 Å². The summed E-state index contributed by atoms with van der Waals surface area (Å²) in [7, 11) is 0. The second-order valence-corrected chi connectivity index (χ2v) is 7.46. The Morgan fingerprint density at radius 1 is 1.20 bits per heavy atom. The lowest BCUT2D eigenvalue weighted by molar-refractivity contribution is -0.141. The van der Waals surface area contributed by atoms with Gasteiger partial charge in [0.05, 0.1) is 29.2 Å². The number of carbonyl (C=O) groups is 1. The minimum absolute atomic E-state index is 0.00676. The highest BCUT2D eigenvalue weighted by molar-refractivity contribution is 5.95. The number of halogens is 4. The Balaban J connectivity index is 1.66. The van der Waals surface area contributed by atoms with Crippen LogP contribution in [0.1, 0.15) is 41.2 Å². The number of nitrogens with one attached hydrogen (secondary N) is 1. The summed E-state index contributed by atoms with van der Waals surface area (Å²) in [6, 6.07) is 6.57. The largest absolute Gasteiger partial charge is 0.433 e. The smallest absolute Gasteiger partial charge is 0.372 e. The fourth-order valence-corrected chi connectivity index (χ4v) is 3.53. The summed E-state index contributed by atoms with van der Waals surface area (Å²) in [4.78, 5) is 17.7. The van der Waals surface area contributed by atoms with E-state index in [0.717, 1.165) is 12.1 Å². The van der Waals surface area contributed by atoms with E-state index in [2.05, 4.69) is 10.3 Å². The van der Waals surface area contributed by atoms with E-state index in [1.807, 2.05) is 18.7 Å². The van der Waals surface area contributed by atoms with Gasteiger partial charge in [0.15, 0.2) is 0 Å². The zero-order valence-electron chi connectivity index (χ0n) is 16.9. The predicted octanol–water partition coefficient (Wildman–Crippen LogP) is 4.09. The Morgan fingerprint density at radius 3 is 2.43 bits per heavy atom. The van der Waals surface area contributed by atoms with Crippen LogP contribution < -0.4 is 10.2 Å². The standard InChI is InChI=1S/C21H23F4N3O2/c1-12-10-28(11-13(2)30-12)18-6-4-15(8-17(18)22)9-26-20(29)16-5-7-19(21(23,24)25)27-14(16)3/h4-8,12-13H,9-11H2,1-3H3,(H,26,29). The minimum atomic E-state index is -4.57. The van der Waals surface area contributed by atoms with Crippen LogP contribution in [0.5, 0.6) is 0 Å². The number of carbonyl (C=O) groups excluding carboxylic acids is 1. The van der Waals surface area contributed by atoms with Gasteiger partial charge in [-0.05, 0) is 50.6 Å². The SMILES string of the molecule is Cc1nc(C(F)(F)F)ccc1C(=O)NCc1ccc(N2CC(C)OC(C)C2)c(F)c1. The van der Waals surface area contributed by atoms with Crippen LogP contribution in [-0.2, 0) is 17.5 Å². The lowest BCUT2D eigenvalue weighted by atomic mass is 10.1. The van der Waals surface area contributed by atoms with Crippen molar-refractivity contribution < 1.29 is 27.1 Å². The van der Waals surface area contributed by atoms with Gasteiger partial charge in [0.2, 0.25) is 0 Å². The second-order valence-electron chi connectivity index (χ2n) is 7.46. The molecule has 1 N–H and O–H groups in total. The number of hydrogen-bond donors (Lipinski definition) is 1. The van der Waals surface area contributed by atoms with Gasteiger partial charge in [-0.3, -0.25) is 4.79 Å². The van der Waals surface area contributed by atoms with E-state index in [1.165, 1.54) is 13.0 Å². The number of hydrogen-bond acceptors (Lipinski definition) is 4.